The smallest absolute Gasteiger partial charge is 0.338 e. The normalized spacial score (nSPS) is 10.8. The van der Waals surface area contributed by atoms with Gasteiger partial charge in [0.25, 0.3) is 11.8 Å². The number of nitrogens with two attached hydrogens (primary N) is 1. The Morgan fingerprint density at radius 3 is 2.40 bits per heavy atom. The average molecular weight is 520 g/mol. The van der Waals surface area contributed by atoms with E-state index in [1.165, 1.54) is 62.0 Å². The first-order chi connectivity index (χ1) is 16.6. The molecule has 3 aromatic rings. The van der Waals surface area contributed by atoms with Gasteiger partial charge in [-0.25, -0.2) is 18.4 Å². The van der Waals surface area contributed by atoms with Crippen LogP contribution in [0.1, 0.15) is 20.0 Å². The van der Waals surface area contributed by atoms with Crippen molar-refractivity contribution in [3.63, 3.8) is 0 Å². The maximum atomic E-state index is 12.6. The van der Waals surface area contributed by atoms with Gasteiger partial charge in [-0.3, -0.25) is 9.59 Å². The first kappa shape index (κ1) is 25.7. The minimum Gasteiger partial charge on any atom is -0.493 e. The second-order valence-electron chi connectivity index (χ2n) is 6.89. The third kappa shape index (κ3) is 6.56. The molecule has 11 nitrogen and oxygen atoms in total. The van der Waals surface area contributed by atoms with Crippen molar-refractivity contribution in [2.45, 2.75) is 4.90 Å². The Labute approximate surface area is 204 Å². The highest BCUT2D eigenvalue weighted by Crippen LogP contribution is 2.37. The lowest BCUT2D eigenvalue weighted by molar-refractivity contribution is -0.119. The van der Waals surface area contributed by atoms with Gasteiger partial charge >= 0.3 is 5.97 Å². The molecule has 1 heterocycles. The number of carbonyl (C=O) groups is 3. The summed E-state index contributed by atoms with van der Waals surface area (Å²) < 4.78 is 38.5. The van der Waals surface area contributed by atoms with Gasteiger partial charge in [0.15, 0.2) is 18.1 Å². The summed E-state index contributed by atoms with van der Waals surface area (Å²) >= 11 is 1.24. The molecule has 184 valence electrons. The summed E-state index contributed by atoms with van der Waals surface area (Å²) in [5.41, 5.74) is 0.317. The Balaban J connectivity index is 1.72. The van der Waals surface area contributed by atoms with Crippen LogP contribution in [0.5, 0.6) is 11.5 Å². The molecule has 0 aliphatic carbocycles. The number of amides is 2. The summed E-state index contributed by atoms with van der Waals surface area (Å²) in [7, 11) is -1.21. The number of anilines is 2. The molecule has 0 unspecified atom stereocenters. The number of nitrogens with one attached hydrogen (secondary N) is 2. The van der Waals surface area contributed by atoms with E-state index < -0.39 is 34.4 Å². The fraction of sp³-hybridized carbons (Fsp3) is 0.136. The first-order valence-electron chi connectivity index (χ1n) is 9.83. The average Bonchev–Trinajstić information content (AvgIpc) is 3.37. The first-order valence-corrected chi connectivity index (χ1v) is 12.3. The minimum atomic E-state index is -3.95. The SMILES string of the molecule is COc1cc(C(=O)OCC(=O)Nc2cccc(S(N)(=O)=O)c2)cc(NC(=O)c2cccs2)c1OC. The molecule has 35 heavy (non-hydrogen) atoms. The molecule has 4 N–H and O–H groups in total. The summed E-state index contributed by atoms with van der Waals surface area (Å²) in [5.74, 6) is -1.64. The lowest BCUT2D eigenvalue weighted by Gasteiger charge is -2.15. The number of thiophene rings is 1. The molecular formula is C22H21N3O8S2. The number of carbonyl (C=O) groups excluding carboxylic acids is 3. The van der Waals surface area contributed by atoms with Crippen LogP contribution >= 0.6 is 11.3 Å². The van der Waals surface area contributed by atoms with Gasteiger partial charge in [-0.05, 0) is 41.8 Å². The third-order valence-corrected chi connectivity index (χ3v) is 6.27. The summed E-state index contributed by atoms with van der Waals surface area (Å²) in [5, 5.41) is 11.9. The molecule has 1 aromatic heterocycles. The third-order valence-electron chi connectivity index (χ3n) is 4.49. The van der Waals surface area contributed by atoms with Gasteiger partial charge in [0, 0.05) is 5.69 Å². The topological polar surface area (TPSA) is 163 Å². The van der Waals surface area contributed by atoms with Crippen LogP contribution in [0.25, 0.3) is 0 Å². The number of rotatable bonds is 9. The molecule has 0 saturated carbocycles. The predicted molar refractivity (Wildman–Crippen MR) is 129 cm³/mol. The van der Waals surface area contributed by atoms with E-state index in [-0.39, 0.29) is 33.3 Å². The van der Waals surface area contributed by atoms with Crippen LogP contribution in [0.2, 0.25) is 0 Å². The highest BCUT2D eigenvalue weighted by atomic mass is 32.2. The highest BCUT2D eigenvalue weighted by Gasteiger charge is 2.20. The van der Waals surface area contributed by atoms with Crippen molar-refractivity contribution in [1.29, 1.82) is 0 Å². The van der Waals surface area contributed by atoms with E-state index in [1.54, 1.807) is 17.5 Å². The summed E-state index contributed by atoms with van der Waals surface area (Å²) in [4.78, 5) is 37.6. The van der Waals surface area contributed by atoms with Crippen molar-refractivity contribution in [3.8, 4) is 11.5 Å². The van der Waals surface area contributed by atoms with Gasteiger partial charge in [0.05, 0.1) is 35.2 Å². The van der Waals surface area contributed by atoms with Crippen LogP contribution in [-0.2, 0) is 19.6 Å². The maximum Gasteiger partial charge on any atom is 0.338 e. The number of hydrogen-bond acceptors (Lipinski definition) is 9. The van der Waals surface area contributed by atoms with E-state index in [4.69, 9.17) is 19.3 Å². The quantitative estimate of drug-likeness (QED) is 0.363. The number of benzene rings is 2. The van der Waals surface area contributed by atoms with E-state index in [0.717, 1.165) is 0 Å². The standard InChI is InChI=1S/C22H21N3O8S2/c1-31-17-10-13(9-16(20(17)32-2)25-21(27)18-7-4-8-34-18)22(28)33-12-19(26)24-14-5-3-6-15(11-14)35(23,29)30/h3-11H,12H2,1-2H3,(H,24,26)(H,25,27)(H2,23,29,30). The molecular weight excluding hydrogens is 498 g/mol. The number of methoxy groups -OCH3 is 2. The zero-order chi connectivity index (χ0) is 25.6. The van der Waals surface area contributed by atoms with E-state index >= 15 is 0 Å². The fourth-order valence-electron chi connectivity index (χ4n) is 2.93. The molecule has 2 amide bonds. The maximum absolute atomic E-state index is 12.6. The Bertz CT molecular complexity index is 1360. The van der Waals surface area contributed by atoms with Crippen molar-refractivity contribution >= 4 is 50.5 Å². The van der Waals surface area contributed by atoms with Crippen LogP contribution in [0, 0.1) is 0 Å². The van der Waals surface area contributed by atoms with E-state index in [0.29, 0.717) is 4.88 Å². The van der Waals surface area contributed by atoms with Gasteiger partial charge in [-0.2, -0.15) is 0 Å². The molecule has 0 bridgehead atoms. The Kier molecular flexibility index (Phi) is 8.06. The molecule has 13 heteroatoms. The largest absolute Gasteiger partial charge is 0.493 e. The summed E-state index contributed by atoms with van der Waals surface area (Å²) in [6, 6.07) is 11.3. The van der Waals surface area contributed by atoms with Crippen molar-refractivity contribution in [2.24, 2.45) is 5.14 Å². The predicted octanol–water partition coefficient (Wildman–Crippen LogP) is 2.46. The number of hydrogen-bond donors (Lipinski definition) is 3. The molecule has 0 spiro atoms. The van der Waals surface area contributed by atoms with Gasteiger partial charge < -0.3 is 24.8 Å². The Morgan fingerprint density at radius 1 is 1.00 bits per heavy atom. The Morgan fingerprint density at radius 2 is 1.77 bits per heavy atom. The van der Waals surface area contributed by atoms with Crippen molar-refractivity contribution in [3.05, 3.63) is 64.4 Å². The van der Waals surface area contributed by atoms with E-state index in [1.807, 2.05) is 0 Å². The highest BCUT2D eigenvalue weighted by molar-refractivity contribution is 7.89. The van der Waals surface area contributed by atoms with Crippen LogP contribution in [0.3, 0.4) is 0 Å². The molecule has 0 aliphatic heterocycles. The number of sulfonamides is 1. The molecule has 3 rings (SSSR count). The zero-order valence-electron chi connectivity index (χ0n) is 18.6. The number of primary sulfonamides is 1. The number of esters is 1. The molecule has 0 fully saturated rings. The summed E-state index contributed by atoms with van der Waals surface area (Å²) in [6.45, 7) is -0.663. The van der Waals surface area contributed by atoms with Crippen molar-refractivity contribution in [2.75, 3.05) is 31.5 Å². The lowest BCUT2D eigenvalue weighted by atomic mass is 10.1. The van der Waals surface area contributed by atoms with Crippen LogP contribution in [0.15, 0.2) is 58.8 Å². The van der Waals surface area contributed by atoms with Crippen molar-refractivity contribution < 1.29 is 37.0 Å². The fourth-order valence-corrected chi connectivity index (χ4v) is 4.11. The monoisotopic (exact) mass is 519 g/mol. The van der Waals surface area contributed by atoms with Crippen LogP contribution in [-0.4, -0.2) is 47.0 Å². The number of ether oxygens (including phenoxy) is 3. The molecule has 0 atom stereocenters. The summed E-state index contributed by atoms with van der Waals surface area (Å²) in [6.07, 6.45) is 0. The van der Waals surface area contributed by atoms with Crippen LogP contribution in [0.4, 0.5) is 11.4 Å². The molecule has 0 aliphatic rings. The second-order valence-corrected chi connectivity index (χ2v) is 9.40. The lowest BCUT2D eigenvalue weighted by Crippen LogP contribution is -2.21. The van der Waals surface area contributed by atoms with Crippen LogP contribution < -0.4 is 25.2 Å². The minimum absolute atomic E-state index is 0.00634. The van der Waals surface area contributed by atoms with E-state index in [2.05, 4.69) is 10.6 Å². The zero-order valence-corrected chi connectivity index (χ0v) is 20.2. The van der Waals surface area contributed by atoms with Crippen molar-refractivity contribution in [1.82, 2.24) is 0 Å². The van der Waals surface area contributed by atoms with Gasteiger partial charge in [-0.1, -0.05) is 12.1 Å². The molecule has 2 aromatic carbocycles. The molecule has 0 radical (unpaired) electrons. The Hall–Kier alpha value is -3.94. The molecule has 0 saturated heterocycles. The van der Waals surface area contributed by atoms with E-state index in [9.17, 15) is 22.8 Å². The van der Waals surface area contributed by atoms with Gasteiger partial charge in [0.2, 0.25) is 10.0 Å². The van der Waals surface area contributed by atoms with Gasteiger partial charge in [-0.15, -0.1) is 11.3 Å². The van der Waals surface area contributed by atoms with Gasteiger partial charge in [0.1, 0.15) is 0 Å². The second kappa shape index (κ2) is 11.0.